The maximum absolute atomic E-state index is 14.3. The van der Waals surface area contributed by atoms with E-state index in [0.29, 0.717) is 12.3 Å². The van der Waals surface area contributed by atoms with E-state index in [0.717, 1.165) is 6.07 Å². The Labute approximate surface area is 131 Å². The van der Waals surface area contributed by atoms with Crippen molar-refractivity contribution in [1.29, 1.82) is 0 Å². The Balaban J connectivity index is 3.28. The van der Waals surface area contributed by atoms with Crippen LogP contribution in [0.2, 0.25) is 5.02 Å². The smallest absolute Gasteiger partial charge is 0.246 e. The first kappa shape index (κ1) is 18.4. The minimum Gasteiger partial charge on any atom is -0.326 e. The first-order valence-electron chi connectivity index (χ1n) is 6.77. The molecule has 0 fully saturated rings. The first-order valence-corrected chi connectivity index (χ1v) is 8.59. The Bertz CT molecular complexity index is 605. The lowest BCUT2D eigenvalue weighted by molar-refractivity contribution is 0.336. The fourth-order valence-electron chi connectivity index (χ4n) is 2.18. The molecule has 0 spiro atoms. The predicted octanol–water partition coefficient (Wildman–Crippen LogP) is 2.99. The minimum atomic E-state index is -3.95. The molecule has 7 heteroatoms. The summed E-state index contributed by atoms with van der Waals surface area (Å²) in [6.45, 7) is 5.69. The van der Waals surface area contributed by atoms with Crippen molar-refractivity contribution in [3.63, 3.8) is 0 Å². The second-order valence-electron chi connectivity index (χ2n) is 5.58. The highest BCUT2D eigenvalue weighted by atomic mass is 35.5. The van der Waals surface area contributed by atoms with Gasteiger partial charge < -0.3 is 5.73 Å². The third-order valence-corrected chi connectivity index (χ3v) is 5.58. The average molecular weight is 337 g/mol. The van der Waals surface area contributed by atoms with Gasteiger partial charge >= 0.3 is 0 Å². The lowest BCUT2D eigenvalue weighted by atomic mass is 10.1. The summed E-state index contributed by atoms with van der Waals surface area (Å²) in [4.78, 5) is -0.423. The van der Waals surface area contributed by atoms with Crippen LogP contribution in [0.4, 0.5) is 4.39 Å². The Morgan fingerprint density at radius 2 is 1.90 bits per heavy atom. The highest BCUT2D eigenvalue weighted by Gasteiger charge is 2.29. The number of nitrogens with two attached hydrogens (primary N) is 1. The van der Waals surface area contributed by atoms with E-state index < -0.39 is 20.7 Å². The number of hydrogen-bond acceptors (Lipinski definition) is 3. The third-order valence-electron chi connectivity index (χ3n) is 3.39. The zero-order valence-electron chi connectivity index (χ0n) is 12.7. The monoisotopic (exact) mass is 336 g/mol. The van der Waals surface area contributed by atoms with Crippen molar-refractivity contribution >= 4 is 21.6 Å². The van der Waals surface area contributed by atoms with Crippen molar-refractivity contribution in [2.24, 2.45) is 11.7 Å². The van der Waals surface area contributed by atoms with Gasteiger partial charge in [0.25, 0.3) is 0 Å². The number of benzene rings is 1. The van der Waals surface area contributed by atoms with Gasteiger partial charge in [0, 0.05) is 30.2 Å². The molecule has 2 N–H and O–H groups in total. The Morgan fingerprint density at radius 3 is 2.38 bits per heavy atom. The largest absolute Gasteiger partial charge is 0.326 e. The molecule has 0 aromatic heterocycles. The summed E-state index contributed by atoms with van der Waals surface area (Å²) in [5.41, 5.74) is 5.52. The summed E-state index contributed by atoms with van der Waals surface area (Å²) in [5.74, 6) is -0.494. The van der Waals surface area contributed by atoms with Crippen molar-refractivity contribution in [2.75, 3.05) is 7.05 Å². The van der Waals surface area contributed by atoms with E-state index in [1.807, 2.05) is 13.8 Å². The Morgan fingerprint density at radius 1 is 1.33 bits per heavy atom. The molecule has 0 amide bonds. The number of hydrogen-bond donors (Lipinski definition) is 1. The quantitative estimate of drug-likeness (QED) is 0.868. The molecule has 1 unspecified atom stereocenters. The van der Waals surface area contributed by atoms with E-state index in [4.69, 9.17) is 17.3 Å². The van der Waals surface area contributed by atoms with Crippen molar-refractivity contribution in [3.8, 4) is 0 Å². The van der Waals surface area contributed by atoms with E-state index in [-0.39, 0.29) is 23.2 Å². The fourth-order valence-corrected chi connectivity index (χ4v) is 3.99. The van der Waals surface area contributed by atoms with Gasteiger partial charge in [-0.2, -0.15) is 4.31 Å². The lowest BCUT2D eigenvalue weighted by Gasteiger charge is -2.26. The van der Waals surface area contributed by atoms with Crippen LogP contribution in [0.5, 0.6) is 0 Å². The highest BCUT2D eigenvalue weighted by molar-refractivity contribution is 7.89. The predicted molar refractivity (Wildman–Crippen MR) is 83.2 cm³/mol. The second kappa shape index (κ2) is 7.05. The number of nitrogens with zero attached hydrogens (tertiary/aromatic N) is 1. The van der Waals surface area contributed by atoms with Crippen LogP contribution in [0.15, 0.2) is 17.0 Å². The molecular formula is C14H22ClFN2O2S. The summed E-state index contributed by atoms with van der Waals surface area (Å²) in [5, 5.41) is 0.153. The standard InChI is InChI=1S/C14H22ClFN2O2S/c1-9(2)5-10(3)18(4)21(19,20)13-7-12(15)6-11(8-17)14(13)16/h6-7,9-10H,5,8,17H2,1-4H3. The van der Waals surface area contributed by atoms with Crippen LogP contribution in [0.3, 0.4) is 0 Å². The van der Waals surface area contributed by atoms with E-state index >= 15 is 0 Å². The van der Waals surface area contributed by atoms with Gasteiger partial charge in [0.05, 0.1) is 0 Å². The van der Waals surface area contributed by atoms with Gasteiger partial charge in [-0.15, -0.1) is 0 Å². The molecule has 0 bridgehead atoms. The van der Waals surface area contributed by atoms with E-state index in [1.165, 1.54) is 17.4 Å². The molecule has 1 atom stereocenters. The van der Waals surface area contributed by atoms with E-state index in [9.17, 15) is 12.8 Å². The Kier molecular flexibility index (Phi) is 6.16. The van der Waals surface area contributed by atoms with Crippen molar-refractivity contribution in [3.05, 3.63) is 28.5 Å². The second-order valence-corrected chi connectivity index (χ2v) is 7.98. The molecular weight excluding hydrogens is 315 g/mol. The van der Waals surface area contributed by atoms with E-state index in [2.05, 4.69) is 0 Å². The molecule has 0 radical (unpaired) electrons. The SMILES string of the molecule is CC(C)CC(C)N(C)S(=O)(=O)c1cc(Cl)cc(CN)c1F. The molecule has 4 nitrogen and oxygen atoms in total. The molecule has 1 aromatic carbocycles. The Hall–Kier alpha value is -0.690. The van der Waals surface area contributed by atoms with Crippen molar-refractivity contribution in [1.82, 2.24) is 4.31 Å². The maximum atomic E-state index is 14.3. The van der Waals surface area contributed by atoms with Gasteiger partial charge in [-0.25, -0.2) is 12.8 Å². The van der Waals surface area contributed by atoms with E-state index in [1.54, 1.807) is 6.92 Å². The highest BCUT2D eigenvalue weighted by Crippen LogP contribution is 2.27. The van der Waals surface area contributed by atoms with Gasteiger partial charge in [-0.3, -0.25) is 0 Å². The lowest BCUT2D eigenvalue weighted by Crippen LogP contribution is -2.36. The van der Waals surface area contributed by atoms with Gasteiger partial charge in [0.1, 0.15) is 10.7 Å². The van der Waals surface area contributed by atoms with Gasteiger partial charge in [-0.05, 0) is 31.4 Å². The fraction of sp³-hybridized carbons (Fsp3) is 0.571. The molecule has 1 rings (SSSR count). The number of halogens is 2. The topological polar surface area (TPSA) is 63.4 Å². The molecule has 1 aromatic rings. The van der Waals surface area contributed by atoms with Gasteiger partial charge in [0.2, 0.25) is 10.0 Å². The number of rotatable bonds is 6. The molecule has 0 aliphatic rings. The molecule has 21 heavy (non-hydrogen) atoms. The van der Waals surface area contributed by atoms with Crippen molar-refractivity contribution < 1.29 is 12.8 Å². The molecule has 0 aliphatic carbocycles. The molecule has 0 saturated heterocycles. The molecule has 120 valence electrons. The number of sulfonamides is 1. The normalized spacial score (nSPS) is 14.0. The van der Waals surface area contributed by atoms with Crippen LogP contribution in [0.25, 0.3) is 0 Å². The molecule has 0 aliphatic heterocycles. The van der Waals surface area contributed by atoms with Crippen LogP contribution >= 0.6 is 11.6 Å². The van der Waals surface area contributed by atoms with Gasteiger partial charge in [-0.1, -0.05) is 25.4 Å². The van der Waals surface area contributed by atoms with Crippen LogP contribution in [0, 0.1) is 11.7 Å². The zero-order chi connectivity index (χ0) is 16.4. The first-order chi connectivity index (χ1) is 9.61. The maximum Gasteiger partial charge on any atom is 0.246 e. The van der Waals surface area contributed by atoms with Crippen molar-refractivity contribution in [2.45, 2.75) is 44.7 Å². The molecule has 0 saturated carbocycles. The average Bonchev–Trinajstić information content (AvgIpc) is 2.38. The van der Waals surface area contributed by atoms with Crippen LogP contribution in [0.1, 0.15) is 32.8 Å². The summed E-state index contributed by atoms with van der Waals surface area (Å²) in [7, 11) is -2.50. The summed E-state index contributed by atoms with van der Waals surface area (Å²) in [6.07, 6.45) is 0.682. The van der Waals surface area contributed by atoms with Crippen LogP contribution in [-0.4, -0.2) is 25.8 Å². The minimum absolute atomic E-state index is 0.0889. The summed E-state index contributed by atoms with van der Waals surface area (Å²) in [6, 6.07) is 2.23. The summed E-state index contributed by atoms with van der Waals surface area (Å²) >= 11 is 5.87. The van der Waals surface area contributed by atoms with Crippen LogP contribution in [-0.2, 0) is 16.6 Å². The third kappa shape index (κ3) is 4.16. The zero-order valence-corrected chi connectivity index (χ0v) is 14.3. The summed E-state index contributed by atoms with van der Waals surface area (Å²) < 4.78 is 40.6. The molecule has 0 heterocycles. The van der Waals surface area contributed by atoms with Crippen LogP contribution < -0.4 is 5.73 Å². The van der Waals surface area contributed by atoms with Gasteiger partial charge in [0.15, 0.2) is 0 Å².